The first-order chi connectivity index (χ1) is 13.6. The standard InChI is InChI=1S/C23H23N3O2/c1-3-4-15-26-17(2)20(22(27)24-16-18-11-7-5-8-12-18)21(25-23(26)28)19-13-9-6-10-14-19/h5-14,21H,15-16H2,1-2H3,(H,24,27)(H,25,28). The summed E-state index contributed by atoms with van der Waals surface area (Å²) in [6.45, 7) is 4.18. The van der Waals surface area contributed by atoms with Gasteiger partial charge in [0.15, 0.2) is 0 Å². The summed E-state index contributed by atoms with van der Waals surface area (Å²) in [7, 11) is 0. The molecule has 0 fully saturated rings. The van der Waals surface area contributed by atoms with Crippen molar-refractivity contribution in [3.05, 3.63) is 83.1 Å². The van der Waals surface area contributed by atoms with Gasteiger partial charge in [-0.25, -0.2) is 4.79 Å². The minimum atomic E-state index is -0.504. The fourth-order valence-electron chi connectivity index (χ4n) is 3.19. The van der Waals surface area contributed by atoms with Crippen LogP contribution >= 0.6 is 0 Å². The molecule has 1 aliphatic heterocycles. The maximum atomic E-state index is 13.1. The molecule has 5 heteroatoms. The zero-order chi connectivity index (χ0) is 19.9. The molecule has 142 valence electrons. The zero-order valence-electron chi connectivity index (χ0n) is 16.0. The van der Waals surface area contributed by atoms with Crippen LogP contribution in [0.15, 0.2) is 71.9 Å². The van der Waals surface area contributed by atoms with E-state index in [1.54, 1.807) is 13.8 Å². The number of rotatable bonds is 5. The van der Waals surface area contributed by atoms with Gasteiger partial charge < -0.3 is 10.6 Å². The van der Waals surface area contributed by atoms with E-state index in [-0.39, 0.29) is 18.5 Å². The van der Waals surface area contributed by atoms with Crippen LogP contribution in [-0.2, 0) is 11.3 Å². The van der Waals surface area contributed by atoms with Crippen LogP contribution in [0.4, 0.5) is 4.79 Å². The van der Waals surface area contributed by atoms with Crippen molar-refractivity contribution < 1.29 is 9.59 Å². The average molecular weight is 373 g/mol. The van der Waals surface area contributed by atoms with Gasteiger partial charge in [-0.2, -0.15) is 0 Å². The van der Waals surface area contributed by atoms with Crippen LogP contribution in [0, 0.1) is 11.8 Å². The fourth-order valence-corrected chi connectivity index (χ4v) is 3.19. The highest BCUT2D eigenvalue weighted by molar-refractivity contribution is 5.98. The molecule has 0 aromatic heterocycles. The van der Waals surface area contributed by atoms with Crippen LogP contribution in [0.5, 0.6) is 0 Å². The predicted molar refractivity (Wildman–Crippen MR) is 109 cm³/mol. The van der Waals surface area contributed by atoms with Crippen molar-refractivity contribution in [2.45, 2.75) is 26.4 Å². The Morgan fingerprint density at radius 2 is 1.75 bits per heavy atom. The van der Waals surface area contributed by atoms with Crippen LogP contribution < -0.4 is 10.6 Å². The SMILES string of the molecule is CC#CCN1C(=O)NC(c2ccccc2)C(C(=O)NCc2ccccc2)=C1C. The molecule has 0 saturated carbocycles. The molecule has 1 aliphatic rings. The molecule has 2 N–H and O–H groups in total. The highest BCUT2D eigenvalue weighted by Crippen LogP contribution is 2.30. The number of nitrogens with one attached hydrogen (secondary N) is 2. The van der Waals surface area contributed by atoms with Crippen molar-refractivity contribution in [1.29, 1.82) is 0 Å². The summed E-state index contributed by atoms with van der Waals surface area (Å²) in [6.07, 6.45) is 0. The van der Waals surface area contributed by atoms with E-state index in [0.29, 0.717) is 17.8 Å². The minimum absolute atomic E-state index is 0.204. The van der Waals surface area contributed by atoms with Crippen LogP contribution in [-0.4, -0.2) is 23.4 Å². The number of hydrogen-bond donors (Lipinski definition) is 2. The summed E-state index contributed by atoms with van der Waals surface area (Å²) >= 11 is 0. The Morgan fingerprint density at radius 1 is 1.11 bits per heavy atom. The van der Waals surface area contributed by atoms with Gasteiger partial charge in [0.25, 0.3) is 5.91 Å². The van der Waals surface area contributed by atoms with Gasteiger partial charge in [-0.15, -0.1) is 5.92 Å². The largest absolute Gasteiger partial charge is 0.348 e. The molecule has 0 saturated heterocycles. The van der Waals surface area contributed by atoms with Gasteiger partial charge in [0.2, 0.25) is 0 Å². The van der Waals surface area contributed by atoms with E-state index < -0.39 is 6.04 Å². The molecule has 3 amide bonds. The molecule has 1 atom stereocenters. The number of allylic oxidation sites excluding steroid dienone is 1. The Hall–Kier alpha value is -3.52. The molecule has 0 radical (unpaired) electrons. The summed E-state index contributed by atoms with van der Waals surface area (Å²) in [5, 5.41) is 5.93. The number of urea groups is 1. The first-order valence-corrected chi connectivity index (χ1v) is 9.17. The van der Waals surface area contributed by atoms with E-state index >= 15 is 0 Å². The van der Waals surface area contributed by atoms with Crippen molar-refractivity contribution in [3.63, 3.8) is 0 Å². The van der Waals surface area contributed by atoms with Crippen molar-refractivity contribution in [2.24, 2.45) is 0 Å². The highest BCUT2D eigenvalue weighted by Gasteiger charge is 2.35. The van der Waals surface area contributed by atoms with Crippen LogP contribution in [0.3, 0.4) is 0 Å². The molecule has 2 aromatic carbocycles. The lowest BCUT2D eigenvalue weighted by molar-refractivity contribution is -0.118. The lowest BCUT2D eigenvalue weighted by Gasteiger charge is -2.35. The molecule has 0 spiro atoms. The van der Waals surface area contributed by atoms with Gasteiger partial charge in [0.05, 0.1) is 18.2 Å². The molecule has 28 heavy (non-hydrogen) atoms. The first-order valence-electron chi connectivity index (χ1n) is 9.17. The second-order valence-electron chi connectivity index (χ2n) is 6.47. The number of carbonyl (C=O) groups excluding carboxylic acids is 2. The summed E-state index contributed by atoms with van der Waals surface area (Å²) in [4.78, 5) is 27.2. The Morgan fingerprint density at radius 3 is 2.39 bits per heavy atom. The number of nitrogens with zero attached hydrogens (tertiary/aromatic N) is 1. The quantitative estimate of drug-likeness (QED) is 0.790. The molecule has 5 nitrogen and oxygen atoms in total. The number of carbonyl (C=O) groups is 2. The zero-order valence-corrected chi connectivity index (χ0v) is 16.0. The lowest BCUT2D eigenvalue weighted by atomic mass is 9.94. The topological polar surface area (TPSA) is 61.4 Å². The van der Waals surface area contributed by atoms with Gasteiger partial charge in [0, 0.05) is 12.2 Å². The number of amides is 3. The van der Waals surface area contributed by atoms with Crippen molar-refractivity contribution in [1.82, 2.24) is 15.5 Å². The lowest BCUT2D eigenvalue weighted by Crippen LogP contribution is -2.49. The normalized spacial score (nSPS) is 16.1. The Bertz CT molecular complexity index is 940. The van der Waals surface area contributed by atoms with Crippen LogP contribution in [0.25, 0.3) is 0 Å². The average Bonchev–Trinajstić information content (AvgIpc) is 2.73. The van der Waals surface area contributed by atoms with E-state index in [2.05, 4.69) is 22.5 Å². The second-order valence-corrected chi connectivity index (χ2v) is 6.47. The minimum Gasteiger partial charge on any atom is -0.348 e. The summed E-state index contributed by atoms with van der Waals surface area (Å²) < 4.78 is 0. The second kappa shape index (κ2) is 8.92. The monoisotopic (exact) mass is 373 g/mol. The molecule has 3 rings (SSSR count). The van der Waals surface area contributed by atoms with Crippen LogP contribution in [0.2, 0.25) is 0 Å². The summed E-state index contributed by atoms with van der Waals surface area (Å²) in [6, 6.07) is 18.5. The molecule has 1 unspecified atom stereocenters. The molecular weight excluding hydrogens is 350 g/mol. The third-order valence-corrected chi connectivity index (χ3v) is 4.68. The summed E-state index contributed by atoms with van der Waals surface area (Å²) in [5.74, 6) is 5.49. The molecule has 1 heterocycles. The molecule has 0 bridgehead atoms. The Balaban J connectivity index is 1.93. The third-order valence-electron chi connectivity index (χ3n) is 4.68. The Kier molecular flexibility index (Phi) is 6.13. The van der Waals surface area contributed by atoms with E-state index in [1.165, 1.54) is 4.90 Å². The third kappa shape index (κ3) is 4.24. The van der Waals surface area contributed by atoms with E-state index in [4.69, 9.17) is 0 Å². The highest BCUT2D eigenvalue weighted by atomic mass is 16.2. The molecule has 2 aromatic rings. The maximum absolute atomic E-state index is 13.1. The fraction of sp³-hybridized carbons (Fsp3) is 0.217. The summed E-state index contributed by atoms with van der Waals surface area (Å²) in [5.41, 5.74) is 3.02. The number of hydrogen-bond acceptors (Lipinski definition) is 2. The van der Waals surface area contributed by atoms with E-state index in [9.17, 15) is 9.59 Å². The molecule has 0 aliphatic carbocycles. The van der Waals surface area contributed by atoms with Crippen molar-refractivity contribution >= 4 is 11.9 Å². The Labute approximate surface area is 165 Å². The first kappa shape index (κ1) is 19.2. The number of benzene rings is 2. The van der Waals surface area contributed by atoms with Gasteiger partial charge in [-0.05, 0) is 25.0 Å². The van der Waals surface area contributed by atoms with E-state index in [1.807, 2.05) is 60.7 Å². The van der Waals surface area contributed by atoms with E-state index in [0.717, 1.165) is 11.1 Å². The van der Waals surface area contributed by atoms with Gasteiger partial charge >= 0.3 is 6.03 Å². The smallest absolute Gasteiger partial charge is 0.323 e. The van der Waals surface area contributed by atoms with Crippen LogP contribution in [0.1, 0.15) is 31.0 Å². The van der Waals surface area contributed by atoms with Gasteiger partial charge in [-0.3, -0.25) is 9.69 Å². The van der Waals surface area contributed by atoms with Crippen molar-refractivity contribution in [2.75, 3.05) is 6.54 Å². The maximum Gasteiger partial charge on any atom is 0.323 e. The van der Waals surface area contributed by atoms with Gasteiger partial charge in [-0.1, -0.05) is 66.6 Å². The van der Waals surface area contributed by atoms with Gasteiger partial charge in [0.1, 0.15) is 0 Å². The molecular formula is C23H23N3O2. The van der Waals surface area contributed by atoms with Crippen molar-refractivity contribution in [3.8, 4) is 11.8 Å². The predicted octanol–water partition coefficient (Wildman–Crippen LogP) is 3.37.